The van der Waals surface area contributed by atoms with Crippen LogP contribution in [0.5, 0.6) is 0 Å². The largest absolute Gasteiger partial charge is 1.00 e. The van der Waals surface area contributed by atoms with Crippen LogP contribution in [0.15, 0.2) is 42.6 Å². The van der Waals surface area contributed by atoms with E-state index in [1.54, 1.807) is 0 Å². The molecule has 0 unspecified atom stereocenters. The molecule has 1 nitrogen and oxygen atoms in total. The van der Waals surface area contributed by atoms with Crippen LogP contribution >= 0.6 is 0 Å². The molecule has 0 aliphatic heterocycles. The van der Waals surface area contributed by atoms with E-state index in [-0.39, 0.29) is 35.6 Å². The number of nitrogens with zero attached hydrogens (tertiary/aromatic N) is 1. The zero-order valence-corrected chi connectivity index (χ0v) is 10.6. The van der Waals surface area contributed by atoms with Gasteiger partial charge < -0.3 is 5.32 Å². The molecule has 0 radical (unpaired) electrons. The number of hydrogen-bond acceptors (Lipinski definition) is 0. The zero-order valence-electron chi connectivity index (χ0n) is 8.57. The fourth-order valence-corrected chi connectivity index (χ4v) is 1.03. The van der Waals surface area contributed by atoms with Crippen molar-refractivity contribution >= 4 is 0 Å². The molecule has 0 aliphatic carbocycles. The molecule has 13 heavy (non-hydrogen) atoms. The molecule has 1 atom stereocenters. The standard InChI is InChI=1S/C11H14N.Na/c1-3-9-12-10(2)11-7-5-4-6-8-11;/h3-10H,1-2H3;/q-1;+1/b9-3+;/t10-;/m1./s1. The van der Waals surface area contributed by atoms with E-state index in [1.165, 1.54) is 5.56 Å². The van der Waals surface area contributed by atoms with E-state index in [2.05, 4.69) is 24.4 Å². The van der Waals surface area contributed by atoms with E-state index >= 15 is 0 Å². The molecule has 0 amide bonds. The number of rotatable bonds is 3. The van der Waals surface area contributed by atoms with Crippen LogP contribution in [0.25, 0.3) is 5.32 Å². The van der Waals surface area contributed by atoms with Crippen LogP contribution in [-0.2, 0) is 0 Å². The molecule has 1 aromatic rings. The van der Waals surface area contributed by atoms with Gasteiger partial charge in [0.15, 0.2) is 0 Å². The van der Waals surface area contributed by atoms with Crippen molar-refractivity contribution in [2.75, 3.05) is 0 Å². The monoisotopic (exact) mass is 183 g/mol. The summed E-state index contributed by atoms with van der Waals surface area (Å²) < 4.78 is 0. The van der Waals surface area contributed by atoms with Gasteiger partial charge in [0.25, 0.3) is 0 Å². The second-order valence-electron chi connectivity index (χ2n) is 2.72. The van der Waals surface area contributed by atoms with Gasteiger partial charge in [0.2, 0.25) is 0 Å². The third-order valence-corrected chi connectivity index (χ3v) is 1.74. The number of allylic oxidation sites excluding steroid dienone is 1. The Kier molecular flexibility index (Phi) is 7.06. The normalized spacial score (nSPS) is 12.2. The minimum atomic E-state index is 0. The predicted molar refractivity (Wildman–Crippen MR) is 53.0 cm³/mol. The maximum absolute atomic E-state index is 4.33. The minimum absolute atomic E-state index is 0. The molecule has 0 saturated heterocycles. The Morgan fingerprint density at radius 3 is 2.38 bits per heavy atom. The van der Waals surface area contributed by atoms with Crippen molar-refractivity contribution in [1.82, 2.24) is 0 Å². The fourth-order valence-electron chi connectivity index (χ4n) is 1.03. The first-order valence-corrected chi connectivity index (χ1v) is 4.20. The van der Waals surface area contributed by atoms with E-state index in [4.69, 9.17) is 0 Å². The van der Waals surface area contributed by atoms with Crippen LogP contribution in [0.1, 0.15) is 25.5 Å². The Morgan fingerprint density at radius 2 is 1.85 bits per heavy atom. The average Bonchev–Trinajstić information content (AvgIpc) is 2.15. The summed E-state index contributed by atoms with van der Waals surface area (Å²) in [4.78, 5) is 0. The molecule has 2 heteroatoms. The van der Waals surface area contributed by atoms with Crippen LogP contribution in [0.3, 0.4) is 0 Å². The van der Waals surface area contributed by atoms with Gasteiger partial charge >= 0.3 is 29.6 Å². The molecule has 0 saturated carbocycles. The van der Waals surface area contributed by atoms with Gasteiger partial charge in [-0.1, -0.05) is 48.9 Å². The quantitative estimate of drug-likeness (QED) is 0.611. The van der Waals surface area contributed by atoms with Gasteiger partial charge in [0.1, 0.15) is 0 Å². The second kappa shape index (κ2) is 7.19. The van der Waals surface area contributed by atoms with Crippen LogP contribution < -0.4 is 29.6 Å². The van der Waals surface area contributed by atoms with Crippen molar-refractivity contribution < 1.29 is 29.6 Å². The average molecular weight is 183 g/mol. The summed E-state index contributed by atoms with van der Waals surface area (Å²) in [7, 11) is 0. The van der Waals surface area contributed by atoms with Crippen molar-refractivity contribution in [2.45, 2.75) is 19.9 Å². The summed E-state index contributed by atoms with van der Waals surface area (Å²) in [5.74, 6) is 0. The molecule has 0 aromatic heterocycles. The summed E-state index contributed by atoms with van der Waals surface area (Å²) in [6.07, 6.45) is 3.79. The molecule has 0 bridgehead atoms. The molecule has 1 rings (SSSR count). The summed E-state index contributed by atoms with van der Waals surface area (Å²) in [6.45, 7) is 4.07. The van der Waals surface area contributed by atoms with Gasteiger partial charge in [0, 0.05) is 0 Å². The fraction of sp³-hybridized carbons (Fsp3) is 0.273. The molecule has 0 heterocycles. The Bertz CT molecular complexity index is 244. The first kappa shape index (κ1) is 12.8. The maximum Gasteiger partial charge on any atom is 1.00 e. The molecular weight excluding hydrogens is 169 g/mol. The van der Waals surface area contributed by atoms with Crippen LogP contribution in [0, 0.1) is 0 Å². The summed E-state index contributed by atoms with van der Waals surface area (Å²) in [5, 5.41) is 4.33. The van der Waals surface area contributed by atoms with Crippen LogP contribution in [0.4, 0.5) is 0 Å². The Morgan fingerprint density at radius 1 is 1.23 bits per heavy atom. The van der Waals surface area contributed by atoms with Gasteiger partial charge in [-0.05, 0) is 6.92 Å². The van der Waals surface area contributed by atoms with Crippen molar-refractivity contribution in [3.05, 3.63) is 53.5 Å². The number of hydrogen-bond donors (Lipinski definition) is 0. The second-order valence-corrected chi connectivity index (χ2v) is 2.72. The molecular formula is C11H14NNa. The Labute approximate surface area is 103 Å². The van der Waals surface area contributed by atoms with Gasteiger partial charge in [0.05, 0.1) is 0 Å². The third-order valence-electron chi connectivity index (χ3n) is 1.74. The SMILES string of the molecule is C/C=C/[N-][C@H](C)c1ccccc1.[Na+]. The van der Waals surface area contributed by atoms with E-state index in [0.29, 0.717) is 0 Å². The molecule has 0 N–H and O–H groups in total. The van der Waals surface area contributed by atoms with Crippen LogP contribution in [0.2, 0.25) is 0 Å². The van der Waals surface area contributed by atoms with E-state index in [1.807, 2.05) is 37.4 Å². The molecule has 0 spiro atoms. The van der Waals surface area contributed by atoms with Gasteiger partial charge in [-0.2, -0.15) is 6.20 Å². The minimum Gasteiger partial charge on any atom is -0.685 e. The zero-order chi connectivity index (χ0) is 8.81. The van der Waals surface area contributed by atoms with Crippen molar-refractivity contribution in [3.8, 4) is 0 Å². The smallest absolute Gasteiger partial charge is 0.685 e. The topological polar surface area (TPSA) is 14.1 Å². The third kappa shape index (κ3) is 4.51. The Balaban J connectivity index is 0.00000144. The van der Waals surface area contributed by atoms with E-state index in [9.17, 15) is 0 Å². The van der Waals surface area contributed by atoms with E-state index < -0.39 is 0 Å². The van der Waals surface area contributed by atoms with E-state index in [0.717, 1.165) is 0 Å². The summed E-state index contributed by atoms with van der Waals surface area (Å²) >= 11 is 0. The number of benzene rings is 1. The first-order valence-electron chi connectivity index (χ1n) is 4.20. The van der Waals surface area contributed by atoms with Crippen LogP contribution in [-0.4, -0.2) is 0 Å². The van der Waals surface area contributed by atoms with Gasteiger partial charge in [-0.25, -0.2) is 0 Å². The van der Waals surface area contributed by atoms with Crippen molar-refractivity contribution in [3.63, 3.8) is 0 Å². The van der Waals surface area contributed by atoms with Crippen molar-refractivity contribution in [2.24, 2.45) is 0 Å². The molecule has 64 valence electrons. The maximum atomic E-state index is 4.33. The Hall–Kier alpha value is -0.240. The van der Waals surface area contributed by atoms with Gasteiger partial charge in [-0.15, -0.1) is 6.08 Å². The molecule has 0 fully saturated rings. The summed E-state index contributed by atoms with van der Waals surface area (Å²) in [5.41, 5.74) is 1.26. The van der Waals surface area contributed by atoms with Crippen molar-refractivity contribution in [1.29, 1.82) is 0 Å². The first-order chi connectivity index (χ1) is 5.84. The summed E-state index contributed by atoms with van der Waals surface area (Å²) in [6, 6.07) is 10.6. The van der Waals surface area contributed by atoms with Gasteiger partial charge in [-0.3, -0.25) is 0 Å². The molecule has 1 aromatic carbocycles. The molecule has 0 aliphatic rings. The predicted octanol–water partition coefficient (Wildman–Crippen LogP) is 0.659.